The number of carbonyl (C=O) groups is 2. The minimum Gasteiger partial charge on any atom is -0.472 e. The fourth-order valence-corrected chi connectivity index (χ4v) is 2.25. The van der Waals surface area contributed by atoms with E-state index < -0.39 is 0 Å². The first-order valence-corrected chi connectivity index (χ1v) is 6.38. The van der Waals surface area contributed by atoms with Crippen LogP contribution in [0.3, 0.4) is 0 Å². The maximum Gasteiger partial charge on any atom is 0.257 e. The second-order valence-corrected chi connectivity index (χ2v) is 4.61. The van der Waals surface area contributed by atoms with Crippen LogP contribution < -0.4 is 0 Å². The zero-order valence-electron chi connectivity index (χ0n) is 10.8. The van der Waals surface area contributed by atoms with Gasteiger partial charge >= 0.3 is 0 Å². The normalized spacial score (nSPS) is 15.4. The summed E-state index contributed by atoms with van der Waals surface area (Å²) in [6.45, 7) is 2.09. The molecule has 3 rings (SSSR count). The van der Waals surface area contributed by atoms with Crippen molar-refractivity contribution in [2.75, 3.05) is 26.2 Å². The highest BCUT2D eigenvalue weighted by atomic mass is 16.3. The van der Waals surface area contributed by atoms with Crippen LogP contribution in [0.4, 0.5) is 0 Å². The van der Waals surface area contributed by atoms with E-state index in [1.807, 2.05) is 0 Å². The molecule has 3 heterocycles. The van der Waals surface area contributed by atoms with Crippen LogP contribution in [0.5, 0.6) is 0 Å². The number of hydrogen-bond acceptors (Lipinski definition) is 4. The van der Waals surface area contributed by atoms with Crippen LogP contribution in [0.1, 0.15) is 20.7 Å². The third-order valence-electron chi connectivity index (χ3n) is 3.39. The summed E-state index contributed by atoms with van der Waals surface area (Å²) < 4.78 is 9.82. The van der Waals surface area contributed by atoms with Gasteiger partial charge in [0.1, 0.15) is 12.5 Å². The minimum absolute atomic E-state index is 0.0610. The van der Waals surface area contributed by atoms with Crippen LogP contribution in [0.2, 0.25) is 0 Å². The molecule has 0 N–H and O–H groups in total. The van der Waals surface area contributed by atoms with Crippen molar-refractivity contribution in [3.63, 3.8) is 0 Å². The summed E-state index contributed by atoms with van der Waals surface area (Å²) in [4.78, 5) is 27.7. The van der Waals surface area contributed by atoms with Gasteiger partial charge in [-0.15, -0.1) is 0 Å². The molecule has 6 nitrogen and oxygen atoms in total. The van der Waals surface area contributed by atoms with Crippen molar-refractivity contribution in [1.82, 2.24) is 9.80 Å². The first kappa shape index (κ1) is 12.5. The molecule has 0 spiro atoms. The fourth-order valence-electron chi connectivity index (χ4n) is 2.25. The van der Waals surface area contributed by atoms with Gasteiger partial charge in [-0.05, 0) is 12.1 Å². The number of piperazine rings is 1. The summed E-state index contributed by atoms with van der Waals surface area (Å²) in [5.74, 6) is -0.122. The number of nitrogens with zero attached hydrogens (tertiary/aromatic N) is 2. The molecule has 6 heteroatoms. The van der Waals surface area contributed by atoms with Crippen molar-refractivity contribution in [1.29, 1.82) is 0 Å². The lowest BCUT2D eigenvalue weighted by molar-refractivity contribution is 0.0534. The number of amides is 2. The van der Waals surface area contributed by atoms with Gasteiger partial charge in [0.15, 0.2) is 0 Å². The van der Waals surface area contributed by atoms with Gasteiger partial charge in [0.25, 0.3) is 11.8 Å². The molecule has 2 aromatic heterocycles. The number of hydrogen-bond donors (Lipinski definition) is 0. The summed E-state index contributed by atoms with van der Waals surface area (Å²) >= 11 is 0. The Labute approximate surface area is 115 Å². The average Bonchev–Trinajstić information content (AvgIpc) is 3.18. The molecule has 1 aliphatic heterocycles. The first-order valence-electron chi connectivity index (χ1n) is 6.38. The lowest BCUT2D eigenvalue weighted by Gasteiger charge is -2.34. The average molecular weight is 274 g/mol. The summed E-state index contributed by atoms with van der Waals surface area (Å²) in [6.07, 6.45) is 5.83. The highest BCUT2D eigenvalue weighted by Crippen LogP contribution is 2.12. The van der Waals surface area contributed by atoms with E-state index in [1.54, 1.807) is 21.9 Å². The Morgan fingerprint density at radius 2 is 1.20 bits per heavy atom. The van der Waals surface area contributed by atoms with Crippen molar-refractivity contribution < 1.29 is 18.4 Å². The van der Waals surface area contributed by atoms with Crippen LogP contribution in [0.15, 0.2) is 46.0 Å². The highest BCUT2D eigenvalue weighted by Gasteiger charge is 2.26. The van der Waals surface area contributed by atoms with Gasteiger partial charge in [0, 0.05) is 26.2 Å². The second kappa shape index (κ2) is 5.24. The minimum atomic E-state index is -0.0610. The molecule has 0 aromatic carbocycles. The molecule has 0 aliphatic carbocycles. The van der Waals surface area contributed by atoms with Crippen molar-refractivity contribution in [2.45, 2.75) is 0 Å². The van der Waals surface area contributed by atoms with Gasteiger partial charge in [-0.25, -0.2) is 0 Å². The van der Waals surface area contributed by atoms with Crippen molar-refractivity contribution in [2.24, 2.45) is 0 Å². The van der Waals surface area contributed by atoms with Gasteiger partial charge < -0.3 is 18.6 Å². The smallest absolute Gasteiger partial charge is 0.257 e. The third-order valence-corrected chi connectivity index (χ3v) is 3.39. The molecule has 104 valence electrons. The molecule has 0 atom stereocenters. The highest BCUT2D eigenvalue weighted by molar-refractivity contribution is 5.95. The third kappa shape index (κ3) is 2.32. The molecule has 1 saturated heterocycles. The largest absolute Gasteiger partial charge is 0.472 e. The molecule has 0 radical (unpaired) electrons. The van der Waals surface area contributed by atoms with Gasteiger partial charge in [-0.1, -0.05) is 0 Å². The number of furan rings is 2. The molecule has 0 bridgehead atoms. The van der Waals surface area contributed by atoms with E-state index in [4.69, 9.17) is 8.83 Å². The first-order chi connectivity index (χ1) is 9.75. The Morgan fingerprint density at radius 3 is 1.50 bits per heavy atom. The summed E-state index contributed by atoms with van der Waals surface area (Å²) in [7, 11) is 0. The molecule has 2 amide bonds. The van der Waals surface area contributed by atoms with Crippen molar-refractivity contribution >= 4 is 11.8 Å². The predicted octanol–water partition coefficient (Wildman–Crippen LogP) is 1.47. The van der Waals surface area contributed by atoms with Gasteiger partial charge in [0.05, 0.1) is 23.7 Å². The van der Waals surface area contributed by atoms with Crippen LogP contribution in [0, 0.1) is 0 Å². The fraction of sp³-hybridized carbons (Fsp3) is 0.286. The number of rotatable bonds is 2. The molecule has 2 aromatic rings. The summed E-state index contributed by atoms with van der Waals surface area (Å²) in [6, 6.07) is 3.29. The Hall–Kier alpha value is -2.50. The van der Waals surface area contributed by atoms with E-state index in [9.17, 15) is 9.59 Å². The predicted molar refractivity (Wildman–Crippen MR) is 69.2 cm³/mol. The SMILES string of the molecule is O=C(c1ccoc1)N1CCN(C(=O)c2ccoc2)CC1. The van der Waals surface area contributed by atoms with Crippen LogP contribution in [-0.2, 0) is 0 Å². The Bertz CT molecular complexity index is 526. The van der Waals surface area contributed by atoms with Crippen LogP contribution in [-0.4, -0.2) is 47.8 Å². The standard InChI is InChI=1S/C14H14N2O4/c17-13(11-1-7-19-9-11)15-3-5-16(6-4-15)14(18)12-2-8-20-10-12/h1-2,7-10H,3-6H2. The summed E-state index contributed by atoms with van der Waals surface area (Å²) in [5.41, 5.74) is 1.08. The topological polar surface area (TPSA) is 66.9 Å². The van der Waals surface area contributed by atoms with E-state index in [1.165, 1.54) is 25.1 Å². The molecule has 0 saturated carbocycles. The molecule has 20 heavy (non-hydrogen) atoms. The van der Waals surface area contributed by atoms with E-state index >= 15 is 0 Å². The van der Waals surface area contributed by atoms with E-state index in [0.29, 0.717) is 37.3 Å². The molecule has 1 fully saturated rings. The van der Waals surface area contributed by atoms with Gasteiger partial charge in [-0.2, -0.15) is 0 Å². The quantitative estimate of drug-likeness (QED) is 0.831. The molecule has 1 aliphatic rings. The van der Waals surface area contributed by atoms with Gasteiger partial charge in [0.2, 0.25) is 0 Å². The number of carbonyl (C=O) groups excluding carboxylic acids is 2. The van der Waals surface area contributed by atoms with Crippen LogP contribution in [0.25, 0.3) is 0 Å². The zero-order valence-corrected chi connectivity index (χ0v) is 10.8. The lowest BCUT2D eigenvalue weighted by Crippen LogP contribution is -2.50. The maximum atomic E-state index is 12.1. The molecular formula is C14H14N2O4. The lowest BCUT2D eigenvalue weighted by atomic mass is 10.2. The van der Waals surface area contributed by atoms with Crippen molar-refractivity contribution in [3.05, 3.63) is 48.3 Å². The van der Waals surface area contributed by atoms with E-state index in [2.05, 4.69) is 0 Å². The monoisotopic (exact) mass is 274 g/mol. The summed E-state index contributed by atoms with van der Waals surface area (Å²) in [5, 5.41) is 0. The van der Waals surface area contributed by atoms with E-state index in [-0.39, 0.29) is 11.8 Å². The molecular weight excluding hydrogens is 260 g/mol. The van der Waals surface area contributed by atoms with Gasteiger partial charge in [-0.3, -0.25) is 9.59 Å². The second-order valence-electron chi connectivity index (χ2n) is 4.61. The Kier molecular flexibility index (Phi) is 3.28. The molecule has 0 unspecified atom stereocenters. The zero-order chi connectivity index (χ0) is 13.9. The Morgan fingerprint density at radius 1 is 0.800 bits per heavy atom. The Balaban J connectivity index is 1.60. The maximum absolute atomic E-state index is 12.1. The van der Waals surface area contributed by atoms with E-state index in [0.717, 1.165) is 0 Å². The van der Waals surface area contributed by atoms with Crippen molar-refractivity contribution in [3.8, 4) is 0 Å². The van der Waals surface area contributed by atoms with Crippen LogP contribution >= 0.6 is 0 Å².